The lowest BCUT2D eigenvalue weighted by atomic mass is 10.2. The Kier molecular flexibility index (Phi) is 8.21. The number of carbonyl (C=O) groups is 2. The summed E-state index contributed by atoms with van der Waals surface area (Å²) in [7, 11) is 4.32. The normalized spacial score (nSPS) is 10.7. The van der Waals surface area contributed by atoms with Crippen molar-refractivity contribution < 1.29 is 23.8 Å². The quantitative estimate of drug-likeness (QED) is 0.326. The molecule has 1 aromatic heterocycles. The highest BCUT2D eigenvalue weighted by Gasteiger charge is 2.19. The van der Waals surface area contributed by atoms with Gasteiger partial charge in [0.15, 0.2) is 0 Å². The zero-order valence-corrected chi connectivity index (χ0v) is 22.1. The smallest absolute Gasteiger partial charge is 0.332 e. The SMILES string of the molecule is COc1cc(OC)c(NC(=O)Cn2c(=O)n(CC(=O)Nc3ccccc3OC)c(=O)c3ccccc32)cc1Cl. The summed E-state index contributed by atoms with van der Waals surface area (Å²) in [5, 5.41) is 5.72. The molecule has 0 bridgehead atoms. The Hall–Kier alpha value is -4.77. The van der Waals surface area contributed by atoms with Gasteiger partial charge in [0.25, 0.3) is 5.56 Å². The zero-order valence-electron chi connectivity index (χ0n) is 21.3. The number of halogens is 1. The molecule has 4 aromatic rings. The molecule has 0 fully saturated rings. The van der Waals surface area contributed by atoms with Crippen LogP contribution in [-0.4, -0.2) is 42.3 Å². The third-order valence-electron chi connectivity index (χ3n) is 5.86. The Balaban J connectivity index is 1.67. The van der Waals surface area contributed by atoms with E-state index < -0.39 is 36.2 Å². The van der Waals surface area contributed by atoms with Crippen LogP contribution in [0.15, 0.2) is 70.3 Å². The van der Waals surface area contributed by atoms with Crippen LogP contribution in [0.5, 0.6) is 17.2 Å². The largest absolute Gasteiger partial charge is 0.495 e. The van der Waals surface area contributed by atoms with Gasteiger partial charge in [-0.2, -0.15) is 0 Å². The highest BCUT2D eigenvalue weighted by atomic mass is 35.5. The van der Waals surface area contributed by atoms with E-state index >= 15 is 0 Å². The summed E-state index contributed by atoms with van der Waals surface area (Å²) in [4.78, 5) is 52.5. The second kappa shape index (κ2) is 11.7. The number of para-hydroxylation sites is 3. The summed E-state index contributed by atoms with van der Waals surface area (Å²) in [6.07, 6.45) is 0. The molecule has 0 aliphatic rings. The number of nitrogens with one attached hydrogen (secondary N) is 2. The number of anilines is 2. The molecule has 202 valence electrons. The van der Waals surface area contributed by atoms with Crippen molar-refractivity contribution in [2.24, 2.45) is 0 Å². The summed E-state index contributed by atoms with van der Waals surface area (Å²) >= 11 is 6.20. The van der Waals surface area contributed by atoms with Crippen LogP contribution in [-0.2, 0) is 22.7 Å². The number of methoxy groups -OCH3 is 3. The third kappa shape index (κ3) is 5.73. The Labute approximate surface area is 227 Å². The summed E-state index contributed by atoms with van der Waals surface area (Å²) in [5.41, 5.74) is -0.612. The number of rotatable bonds is 9. The molecule has 0 aliphatic heterocycles. The highest BCUT2D eigenvalue weighted by Crippen LogP contribution is 2.35. The fraction of sp³-hybridized carbons (Fsp3) is 0.185. The average molecular weight is 553 g/mol. The Morgan fingerprint density at radius 3 is 2.03 bits per heavy atom. The van der Waals surface area contributed by atoms with E-state index in [1.807, 2.05) is 0 Å². The van der Waals surface area contributed by atoms with Gasteiger partial charge in [-0.25, -0.2) is 4.79 Å². The minimum Gasteiger partial charge on any atom is -0.495 e. The minimum absolute atomic E-state index is 0.167. The van der Waals surface area contributed by atoms with Gasteiger partial charge in [-0.05, 0) is 30.3 Å². The van der Waals surface area contributed by atoms with E-state index in [0.717, 1.165) is 9.13 Å². The van der Waals surface area contributed by atoms with Crippen molar-refractivity contribution in [2.75, 3.05) is 32.0 Å². The fourth-order valence-corrected chi connectivity index (χ4v) is 4.28. The van der Waals surface area contributed by atoms with Crippen LogP contribution in [0, 0.1) is 0 Å². The number of fused-ring (bicyclic) bond motifs is 1. The molecule has 0 spiro atoms. The van der Waals surface area contributed by atoms with E-state index in [1.165, 1.54) is 39.5 Å². The van der Waals surface area contributed by atoms with Gasteiger partial charge >= 0.3 is 5.69 Å². The van der Waals surface area contributed by atoms with Crippen LogP contribution < -0.4 is 36.1 Å². The lowest BCUT2D eigenvalue weighted by molar-refractivity contribution is -0.117. The third-order valence-corrected chi connectivity index (χ3v) is 6.16. The van der Waals surface area contributed by atoms with Crippen molar-refractivity contribution in [2.45, 2.75) is 13.1 Å². The minimum atomic E-state index is -0.830. The molecular formula is C27H25ClN4O7. The second-order valence-electron chi connectivity index (χ2n) is 8.26. The molecule has 0 saturated carbocycles. The van der Waals surface area contributed by atoms with E-state index in [1.54, 1.807) is 42.5 Å². The number of ether oxygens (including phenoxy) is 3. The standard InChI is InChI=1S/C27H25ClN4O7/c1-37-21-11-7-5-9-18(21)29-25(34)15-32-26(35)16-8-4-6-10-20(16)31(27(32)36)14-24(33)30-19-12-17(28)22(38-2)13-23(19)39-3/h4-13H,14-15H2,1-3H3,(H,29,34)(H,30,33). The van der Waals surface area contributed by atoms with Crippen LogP contribution in [0.4, 0.5) is 11.4 Å². The second-order valence-corrected chi connectivity index (χ2v) is 8.67. The van der Waals surface area contributed by atoms with E-state index in [9.17, 15) is 19.2 Å². The zero-order chi connectivity index (χ0) is 28.1. The molecule has 4 rings (SSSR count). The number of carbonyl (C=O) groups excluding carboxylic acids is 2. The molecule has 0 aliphatic carbocycles. The van der Waals surface area contributed by atoms with Gasteiger partial charge < -0.3 is 24.8 Å². The number of amides is 2. The predicted molar refractivity (Wildman–Crippen MR) is 147 cm³/mol. The van der Waals surface area contributed by atoms with Crippen LogP contribution in [0.2, 0.25) is 5.02 Å². The van der Waals surface area contributed by atoms with Gasteiger partial charge in [0.1, 0.15) is 30.3 Å². The molecule has 3 aromatic carbocycles. The first-order valence-corrected chi connectivity index (χ1v) is 12.0. The maximum atomic E-state index is 13.4. The molecule has 12 heteroatoms. The van der Waals surface area contributed by atoms with E-state index in [0.29, 0.717) is 22.9 Å². The number of hydrogen-bond donors (Lipinski definition) is 2. The van der Waals surface area contributed by atoms with Crippen molar-refractivity contribution in [3.8, 4) is 17.2 Å². The molecule has 0 saturated heterocycles. The molecular weight excluding hydrogens is 528 g/mol. The van der Waals surface area contributed by atoms with Crippen molar-refractivity contribution in [3.63, 3.8) is 0 Å². The van der Waals surface area contributed by atoms with Crippen LogP contribution in [0.25, 0.3) is 10.9 Å². The van der Waals surface area contributed by atoms with E-state index in [4.69, 9.17) is 25.8 Å². The topological polar surface area (TPSA) is 130 Å². The summed E-state index contributed by atoms with van der Waals surface area (Å²) in [6, 6.07) is 16.0. The monoisotopic (exact) mass is 552 g/mol. The molecule has 2 amide bonds. The number of benzene rings is 3. The van der Waals surface area contributed by atoms with Crippen molar-refractivity contribution >= 4 is 45.7 Å². The number of aromatic nitrogens is 2. The van der Waals surface area contributed by atoms with Gasteiger partial charge in [0.05, 0.1) is 48.6 Å². The fourth-order valence-electron chi connectivity index (χ4n) is 4.04. The summed E-state index contributed by atoms with van der Waals surface area (Å²) < 4.78 is 17.6. The number of nitrogens with zero attached hydrogens (tertiary/aromatic N) is 2. The Bertz CT molecular complexity index is 1680. The van der Waals surface area contributed by atoms with Gasteiger partial charge in [-0.1, -0.05) is 35.9 Å². The van der Waals surface area contributed by atoms with Gasteiger partial charge in [-0.3, -0.25) is 23.5 Å². The molecule has 0 unspecified atom stereocenters. The lowest BCUT2D eigenvalue weighted by Crippen LogP contribution is -2.44. The lowest BCUT2D eigenvalue weighted by Gasteiger charge is -2.16. The molecule has 2 N–H and O–H groups in total. The van der Waals surface area contributed by atoms with Crippen LogP contribution in [0.1, 0.15) is 0 Å². The molecule has 11 nitrogen and oxygen atoms in total. The molecule has 0 radical (unpaired) electrons. The highest BCUT2D eigenvalue weighted by molar-refractivity contribution is 6.32. The molecule has 39 heavy (non-hydrogen) atoms. The summed E-state index contributed by atoms with van der Waals surface area (Å²) in [6.45, 7) is -1.04. The van der Waals surface area contributed by atoms with Crippen LogP contribution >= 0.6 is 11.6 Å². The Morgan fingerprint density at radius 1 is 0.744 bits per heavy atom. The Morgan fingerprint density at radius 2 is 1.33 bits per heavy atom. The first-order chi connectivity index (χ1) is 18.8. The first kappa shape index (κ1) is 27.3. The predicted octanol–water partition coefficient (Wildman–Crippen LogP) is 3.12. The average Bonchev–Trinajstić information content (AvgIpc) is 2.94. The van der Waals surface area contributed by atoms with Crippen LogP contribution in [0.3, 0.4) is 0 Å². The first-order valence-electron chi connectivity index (χ1n) is 11.6. The maximum Gasteiger partial charge on any atom is 0.332 e. The van der Waals surface area contributed by atoms with Crippen molar-refractivity contribution in [1.29, 1.82) is 0 Å². The number of hydrogen-bond acceptors (Lipinski definition) is 7. The van der Waals surface area contributed by atoms with Crippen molar-refractivity contribution in [1.82, 2.24) is 9.13 Å². The van der Waals surface area contributed by atoms with Gasteiger partial charge in [0.2, 0.25) is 11.8 Å². The van der Waals surface area contributed by atoms with E-state index in [2.05, 4.69) is 10.6 Å². The van der Waals surface area contributed by atoms with Crippen molar-refractivity contribution in [3.05, 3.63) is 86.5 Å². The van der Waals surface area contributed by atoms with E-state index in [-0.39, 0.29) is 21.6 Å². The molecule has 1 heterocycles. The van der Waals surface area contributed by atoms with Gasteiger partial charge in [0, 0.05) is 6.07 Å². The molecule has 0 atom stereocenters. The maximum absolute atomic E-state index is 13.4. The summed E-state index contributed by atoms with van der Waals surface area (Å²) in [5.74, 6) is -0.153. The van der Waals surface area contributed by atoms with Gasteiger partial charge in [-0.15, -0.1) is 0 Å².